The van der Waals surface area contributed by atoms with Gasteiger partial charge >= 0.3 is 0 Å². The van der Waals surface area contributed by atoms with Crippen molar-refractivity contribution in [2.75, 3.05) is 0 Å². The zero-order chi connectivity index (χ0) is 20.1. The predicted molar refractivity (Wildman–Crippen MR) is 117 cm³/mol. The van der Waals surface area contributed by atoms with Crippen LogP contribution in [0.4, 0.5) is 0 Å². The van der Waals surface area contributed by atoms with Gasteiger partial charge in [0.25, 0.3) is 0 Å². The number of pyridine rings is 1. The van der Waals surface area contributed by atoms with E-state index in [-0.39, 0.29) is 11.0 Å². The van der Waals surface area contributed by atoms with Gasteiger partial charge in [0.05, 0.1) is 11.0 Å². The third kappa shape index (κ3) is 2.54. The Hall–Kier alpha value is -1.89. The average molecular weight is 363 g/mol. The molecule has 2 heterocycles. The minimum absolute atomic E-state index is 0.0382. The Morgan fingerprint density at radius 2 is 1.59 bits per heavy atom. The standard InChI is InChI=1S/C26H36N/c1-10-13-21-16-19(6)24-22-15-17(4)14-18(5)23(22)25(8,11-2)26(9,12-3)27(24)20(21)7/h10,13-16H,11-12H2,1-9H3/q+1. The summed E-state index contributed by atoms with van der Waals surface area (Å²) in [7, 11) is 0. The molecule has 1 aliphatic rings. The molecule has 27 heavy (non-hydrogen) atoms. The van der Waals surface area contributed by atoms with Gasteiger partial charge in [-0.2, -0.15) is 4.57 Å². The number of rotatable bonds is 3. The summed E-state index contributed by atoms with van der Waals surface area (Å²) in [5, 5.41) is 0. The molecule has 0 spiro atoms. The van der Waals surface area contributed by atoms with E-state index in [1.807, 2.05) is 0 Å². The molecule has 2 unspecified atom stereocenters. The lowest BCUT2D eigenvalue weighted by Crippen LogP contribution is -2.69. The molecular formula is C26H36N+. The van der Waals surface area contributed by atoms with Crippen molar-refractivity contribution in [2.45, 2.75) is 86.1 Å². The summed E-state index contributed by atoms with van der Waals surface area (Å²) in [4.78, 5) is 0. The highest BCUT2D eigenvalue weighted by molar-refractivity contribution is 5.72. The molecule has 0 radical (unpaired) electrons. The normalized spacial score (nSPS) is 24.2. The molecule has 1 heteroatoms. The summed E-state index contributed by atoms with van der Waals surface area (Å²) >= 11 is 0. The highest BCUT2D eigenvalue weighted by atomic mass is 15.1. The molecule has 0 aliphatic carbocycles. The van der Waals surface area contributed by atoms with Gasteiger partial charge in [-0.15, -0.1) is 0 Å². The molecule has 2 aromatic rings. The first-order valence-corrected chi connectivity index (χ1v) is 10.5. The van der Waals surface area contributed by atoms with Crippen molar-refractivity contribution in [3.8, 4) is 11.3 Å². The number of benzene rings is 1. The third-order valence-corrected chi connectivity index (χ3v) is 7.43. The van der Waals surface area contributed by atoms with E-state index in [1.54, 1.807) is 5.56 Å². The number of aryl methyl sites for hydroxylation is 3. The minimum Gasteiger partial charge on any atom is -0.189 e. The summed E-state index contributed by atoms with van der Waals surface area (Å²) in [6, 6.07) is 7.15. The van der Waals surface area contributed by atoms with E-state index < -0.39 is 0 Å². The van der Waals surface area contributed by atoms with Crippen molar-refractivity contribution in [1.29, 1.82) is 0 Å². The molecule has 0 N–H and O–H groups in total. The maximum Gasteiger partial charge on any atom is 0.216 e. The fraction of sp³-hybridized carbons (Fsp3) is 0.500. The van der Waals surface area contributed by atoms with Crippen LogP contribution in [-0.4, -0.2) is 0 Å². The lowest BCUT2D eigenvalue weighted by molar-refractivity contribution is -0.770. The van der Waals surface area contributed by atoms with E-state index in [9.17, 15) is 0 Å². The topological polar surface area (TPSA) is 3.88 Å². The number of fused-ring (bicyclic) bond motifs is 3. The van der Waals surface area contributed by atoms with Crippen molar-refractivity contribution in [3.05, 3.63) is 57.8 Å². The molecule has 0 fully saturated rings. The summed E-state index contributed by atoms with van der Waals surface area (Å²) in [5.74, 6) is 0. The Balaban J connectivity index is 2.59. The summed E-state index contributed by atoms with van der Waals surface area (Å²) in [6.07, 6.45) is 6.66. The third-order valence-electron chi connectivity index (χ3n) is 7.43. The highest BCUT2D eigenvalue weighted by Crippen LogP contribution is 2.51. The molecule has 0 saturated carbocycles. The maximum absolute atomic E-state index is 2.68. The van der Waals surface area contributed by atoms with E-state index in [1.165, 1.54) is 39.2 Å². The fourth-order valence-electron chi connectivity index (χ4n) is 5.69. The molecule has 1 aromatic heterocycles. The molecule has 1 aliphatic heterocycles. The zero-order valence-corrected chi connectivity index (χ0v) is 18.7. The van der Waals surface area contributed by atoms with E-state index in [4.69, 9.17) is 0 Å². The van der Waals surface area contributed by atoms with Crippen LogP contribution in [0.5, 0.6) is 0 Å². The van der Waals surface area contributed by atoms with Crippen LogP contribution < -0.4 is 4.57 Å². The molecule has 0 saturated heterocycles. The van der Waals surface area contributed by atoms with Crippen molar-refractivity contribution < 1.29 is 4.57 Å². The molecule has 2 atom stereocenters. The molecule has 144 valence electrons. The SMILES string of the molecule is CC=Cc1cc(C)c2[n+](c1C)C(C)(CC)C(C)(CC)c1c(C)cc(C)cc1-2. The van der Waals surface area contributed by atoms with Gasteiger partial charge in [-0.3, -0.25) is 0 Å². The van der Waals surface area contributed by atoms with E-state index >= 15 is 0 Å². The predicted octanol–water partition coefficient (Wildman–Crippen LogP) is 6.71. The Morgan fingerprint density at radius 3 is 2.15 bits per heavy atom. The van der Waals surface area contributed by atoms with Crippen LogP contribution >= 0.6 is 0 Å². The second kappa shape index (κ2) is 6.62. The number of hydrogen-bond acceptors (Lipinski definition) is 0. The van der Waals surface area contributed by atoms with Gasteiger partial charge in [-0.05, 0) is 64.3 Å². The van der Waals surface area contributed by atoms with Crippen molar-refractivity contribution in [1.82, 2.24) is 0 Å². The summed E-state index contributed by atoms with van der Waals surface area (Å²) < 4.78 is 2.68. The van der Waals surface area contributed by atoms with Crippen molar-refractivity contribution >= 4 is 6.08 Å². The van der Waals surface area contributed by atoms with Gasteiger partial charge in [0.15, 0.2) is 11.2 Å². The first-order chi connectivity index (χ1) is 12.7. The minimum atomic E-state index is 0.0382. The second-order valence-corrected chi connectivity index (χ2v) is 8.87. The number of hydrogen-bond donors (Lipinski definition) is 0. The number of aromatic nitrogens is 1. The first kappa shape index (κ1) is 19.9. The Kier molecular flexibility index (Phi) is 4.87. The molecular weight excluding hydrogens is 326 g/mol. The van der Waals surface area contributed by atoms with Crippen molar-refractivity contribution in [3.63, 3.8) is 0 Å². The Morgan fingerprint density at radius 1 is 0.926 bits per heavy atom. The largest absolute Gasteiger partial charge is 0.216 e. The Labute approximate surface area is 166 Å². The van der Waals surface area contributed by atoms with Crippen LogP contribution in [0.25, 0.3) is 17.3 Å². The van der Waals surface area contributed by atoms with Crippen LogP contribution in [0, 0.1) is 27.7 Å². The van der Waals surface area contributed by atoms with Gasteiger partial charge < -0.3 is 0 Å². The number of nitrogens with zero attached hydrogens (tertiary/aromatic N) is 1. The van der Waals surface area contributed by atoms with Crippen LogP contribution in [0.1, 0.15) is 81.0 Å². The van der Waals surface area contributed by atoms with Crippen LogP contribution in [-0.2, 0) is 11.0 Å². The number of allylic oxidation sites excluding steroid dienone is 1. The van der Waals surface area contributed by atoms with Gasteiger partial charge in [-0.25, -0.2) is 0 Å². The van der Waals surface area contributed by atoms with Gasteiger partial charge in [0.1, 0.15) is 0 Å². The van der Waals surface area contributed by atoms with Gasteiger partial charge in [-0.1, -0.05) is 37.6 Å². The highest BCUT2D eigenvalue weighted by Gasteiger charge is 2.58. The quantitative estimate of drug-likeness (QED) is 0.534. The van der Waals surface area contributed by atoms with Crippen LogP contribution in [0.2, 0.25) is 0 Å². The molecule has 3 rings (SSSR count). The monoisotopic (exact) mass is 362 g/mol. The van der Waals surface area contributed by atoms with Crippen LogP contribution in [0.15, 0.2) is 24.3 Å². The van der Waals surface area contributed by atoms with Gasteiger partial charge in [0.2, 0.25) is 5.69 Å². The van der Waals surface area contributed by atoms with Crippen molar-refractivity contribution in [2.24, 2.45) is 0 Å². The maximum atomic E-state index is 2.68. The van der Waals surface area contributed by atoms with Crippen LogP contribution in [0.3, 0.4) is 0 Å². The summed E-state index contributed by atoms with van der Waals surface area (Å²) in [6.45, 7) is 20.9. The summed E-state index contributed by atoms with van der Waals surface area (Å²) in [5.41, 5.74) is 11.4. The van der Waals surface area contributed by atoms with E-state index in [2.05, 4.69) is 97.2 Å². The molecule has 1 aromatic carbocycles. The van der Waals surface area contributed by atoms with Gasteiger partial charge in [0, 0.05) is 31.4 Å². The molecule has 1 nitrogen and oxygen atoms in total. The van der Waals surface area contributed by atoms with E-state index in [0.717, 1.165) is 12.8 Å². The second-order valence-electron chi connectivity index (χ2n) is 8.87. The lowest BCUT2D eigenvalue weighted by atomic mass is 9.59. The molecule has 0 amide bonds. The zero-order valence-electron chi connectivity index (χ0n) is 18.7. The lowest BCUT2D eigenvalue weighted by Gasteiger charge is -2.48. The fourth-order valence-corrected chi connectivity index (χ4v) is 5.69. The van der Waals surface area contributed by atoms with E-state index in [0.29, 0.717) is 0 Å². The average Bonchev–Trinajstić information content (AvgIpc) is 2.61. The smallest absolute Gasteiger partial charge is 0.189 e. The Bertz CT molecular complexity index is 934. The molecule has 0 bridgehead atoms. The first-order valence-electron chi connectivity index (χ1n) is 10.5.